The van der Waals surface area contributed by atoms with E-state index in [0.29, 0.717) is 0 Å². The molecule has 0 atom stereocenters. The number of benzene rings is 2. The Balaban J connectivity index is 2.25. The summed E-state index contributed by atoms with van der Waals surface area (Å²) in [5.41, 5.74) is 4.15. The van der Waals surface area contributed by atoms with Crippen molar-refractivity contribution >= 4 is 11.4 Å². The van der Waals surface area contributed by atoms with E-state index in [9.17, 15) is 0 Å². The minimum atomic E-state index is 0.892. The van der Waals surface area contributed by atoms with E-state index in [0.717, 1.165) is 16.9 Å². The number of rotatable bonds is 2. The van der Waals surface area contributed by atoms with Gasteiger partial charge in [-0.25, -0.2) is 0 Å². The summed E-state index contributed by atoms with van der Waals surface area (Å²) in [6.45, 7) is 4.08. The minimum absolute atomic E-state index is 0.892. The average Bonchev–Trinajstić information content (AvgIpc) is 2.28. The van der Waals surface area contributed by atoms with E-state index in [1.165, 1.54) is 5.56 Å². The number of nitrogens with zero attached hydrogens (tertiary/aromatic N) is 2. The second-order valence-corrected chi connectivity index (χ2v) is 3.83. The standard InChI is InChI=1S/C14H14N2/c1-11-6-5-8-13(10-11)15-16-14-9-4-3-7-12(14)2/h3-10H,1-2H3. The zero-order chi connectivity index (χ0) is 11.4. The van der Waals surface area contributed by atoms with E-state index in [2.05, 4.69) is 10.2 Å². The van der Waals surface area contributed by atoms with E-state index in [1.807, 2.05) is 62.4 Å². The van der Waals surface area contributed by atoms with Gasteiger partial charge in [0.15, 0.2) is 0 Å². The summed E-state index contributed by atoms with van der Waals surface area (Å²) in [7, 11) is 0. The van der Waals surface area contributed by atoms with Crippen molar-refractivity contribution in [2.24, 2.45) is 10.2 Å². The van der Waals surface area contributed by atoms with Gasteiger partial charge in [0, 0.05) is 0 Å². The molecule has 0 fully saturated rings. The van der Waals surface area contributed by atoms with Gasteiger partial charge in [-0.2, -0.15) is 10.2 Å². The molecule has 0 aliphatic carbocycles. The first-order valence-electron chi connectivity index (χ1n) is 5.30. The maximum absolute atomic E-state index is 4.24. The van der Waals surface area contributed by atoms with Crippen LogP contribution in [0.5, 0.6) is 0 Å². The largest absolute Gasteiger partial charge is 0.151 e. The highest BCUT2D eigenvalue weighted by Crippen LogP contribution is 2.21. The molecule has 0 radical (unpaired) electrons. The lowest BCUT2D eigenvalue weighted by Crippen LogP contribution is -1.72. The highest BCUT2D eigenvalue weighted by atomic mass is 15.1. The number of aryl methyl sites for hydroxylation is 2. The van der Waals surface area contributed by atoms with Crippen molar-refractivity contribution in [3.05, 3.63) is 59.7 Å². The molecule has 2 heteroatoms. The van der Waals surface area contributed by atoms with Gasteiger partial charge in [0.1, 0.15) is 0 Å². The SMILES string of the molecule is Cc1cccc(N=Nc2ccccc2C)c1. The van der Waals surface area contributed by atoms with Crippen molar-refractivity contribution in [2.75, 3.05) is 0 Å². The van der Waals surface area contributed by atoms with E-state index in [4.69, 9.17) is 0 Å². The molecule has 0 N–H and O–H groups in total. The zero-order valence-corrected chi connectivity index (χ0v) is 9.51. The monoisotopic (exact) mass is 210 g/mol. The molecule has 0 amide bonds. The predicted octanol–water partition coefficient (Wildman–Crippen LogP) is 4.72. The fourth-order valence-corrected chi connectivity index (χ4v) is 1.48. The Bertz CT molecular complexity index is 516. The summed E-state index contributed by atoms with van der Waals surface area (Å²) < 4.78 is 0. The van der Waals surface area contributed by atoms with E-state index in [1.54, 1.807) is 0 Å². The molecule has 0 aliphatic rings. The van der Waals surface area contributed by atoms with Crippen LogP contribution >= 0.6 is 0 Å². The van der Waals surface area contributed by atoms with Crippen LogP contribution in [0.15, 0.2) is 58.8 Å². The molecule has 2 nitrogen and oxygen atoms in total. The van der Waals surface area contributed by atoms with Crippen LogP contribution in [-0.2, 0) is 0 Å². The van der Waals surface area contributed by atoms with Crippen molar-refractivity contribution in [1.29, 1.82) is 0 Å². The lowest BCUT2D eigenvalue weighted by molar-refractivity contribution is 1.20. The van der Waals surface area contributed by atoms with Crippen molar-refractivity contribution < 1.29 is 0 Å². The summed E-state index contributed by atoms with van der Waals surface area (Å²) in [5, 5.41) is 8.47. The predicted molar refractivity (Wildman–Crippen MR) is 66.5 cm³/mol. The van der Waals surface area contributed by atoms with Gasteiger partial charge in [0.25, 0.3) is 0 Å². The molecule has 0 unspecified atom stereocenters. The fourth-order valence-electron chi connectivity index (χ4n) is 1.48. The summed E-state index contributed by atoms with van der Waals surface area (Å²) in [6.07, 6.45) is 0. The van der Waals surface area contributed by atoms with Crippen molar-refractivity contribution in [3.8, 4) is 0 Å². The van der Waals surface area contributed by atoms with Crippen LogP contribution in [0.4, 0.5) is 11.4 Å². The third kappa shape index (κ3) is 2.54. The molecule has 80 valence electrons. The molecule has 2 aromatic carbocycles. The first kappa shape index (κ1) is 10.6. The molecule has 0 aromatic heterocycles. The second kappa shape index (κ2) is 4.71. The average molecular weight is 210 g/mol. The van der Waals surface area contributed by atoms with Gasteiger partial charge < -0.3 is 0 Å². The van der Waals surface area contributed by atoms with Gasteiger partial charge in [0.2, 0.25) is 0 Å². The van der Waals surface area contributed by atoms with Crippen LogP contribution in [0.25, 0.3) is 0 Å². The topological polar surface area (TPSA) is 24.7 Å². The van der Waals surface area contributed by atoms with Crippen LogP contribution in [0.1, 0.15) is 11.1 Å². The van der Waals surface area contributed by atoms with Gasteiger partial charge in [-0.15, -0.1) is 0 Å². The van der Waals surface area contributed by atoms with Crippen molar-refractivity contribution in [3.63, 3.8) is 0 Å². The lowest BCUT2D eigenvalue weighted by Gasteiger charge is -1.97. The van der Waals surface area contributed by atoms with E-state index < -0.39 is 0 Å². The number of azo groups is 1. The highest BCUT2D eigenvalue weighted by molar-refractivity contribution is 5.45. The Labute approximate surface area is 95.7 Å². The summed E-state index contributed by atoms with van der Waals surface area (Å²) in [4.78, 5) is 0. The number of hydrogen-bond acceptors (Lipinski definition) is 2. The summed E-state index contributed by atoms with van der Waals surface area (Å²) in [6, 6.07) is 16.0. The molecule has 0 heterocycles. The molecule has 2 rings (SSSR count). The summed E-state index contributed by atoms with van der Waals surface area (Å²) in [5.74, 6) is 0. The fraction of sp³-hybridized carbons (Fsp3) is 0.143. The molecule has 0 saturated heterocycles. The first-order chi connectivity index (χ1) is 7.75. The quantitative estimate of drug-likeness (QED) is 0.641. The maximum atomic E-state index is 4.24. The van der Waals surface area contributed by atoms with Crippen molar-refractivity contribution in [1.82, 2.24) is 0 Å². The Morgan fingerprint density at radius 1 is 0.812 bits per heavy atom. The van der Waals surface area contributed by atoms with E-state index >= 15 is 0 Å². The smallest absolute Gasteiger partial charge is 0.0886 e. The Morgan fingerprint density at radius 2 is 1.62 bits per heavy atom. The molecule has 0 aliphatic heterocycles. The molecule has 0 saturated carbocycles. The van der Waals surface area contributed by atoms with Gasteiger partial charge in [0.05, 0.1) is 11.4 Å². The van der Waals surface area contributed by atoms with Crippen LogP contribution in [-0.4, -0.2) is 0 Å². The molecular weight excluding hydrogens is 196 g/mol. The molecule has 0 bridgehead atoms. The molecule has 2 aromatic rings. The van der Waals surface area contributed by atoms with Gasteiger partial charge in [-0.3, -0.25) is 0 Å². The summed E-state index contributed by atoms with van der Waals surface area (Å²) >= 11 is 0. The normalized spacial score (nSPS) is 10.9. The Morgan fingerprint density at radius 3 is 2.38 bits per heavy atom. The van der Waals surface area contributed by atoms with Crippen LogP contribution in [0, 0.1) is 13.8 Å². The molecule has 16 heavy (non-hydrogen) atoms. The van der Waals surface area contributed by atoms with Gasteiger partial charge in [-0.1, -0.05) is 30.3 Å². The van der Waals surface area contributed by atoms with E-state index in [-0.39, 0.29) is 0 Å². The van der Waals surface area contributed by atoms with Crippen molar-refractivity contribution in [2.45, 2.75) is 13.8 Å². The maximum Gasteiger partial charge on any atom is 0.0886 e. The second-order valence-electron chi connectivity index (χ2n) is 3.83. The molecular formula is C14H14N2. The first-order valence-corrected chi connectivity index (χ1v) is 5.30. The van der Waals surface area contributed by atoms with Crippen LogP contribution < -0.4 is 0 Å². The van der Waals surface area contributed by atoms with Crippen LogP contribution in [0.2, 0.25) is 0 Å². The van der Waals surface area contributed by atoms with Gasteiger partial charge >= 0.3 is 0 Å². The lowest BCUT2D eigenvalue weighted by atomic mass is 10.2. The number of hydrogen-bond donors (Lipinski definition) is 0. The Hall–Kier alpha value is -1.96. The Kier molecular flexibility index (Phi) is 3.10. The highest BCUT2D eigenvalue weighted by Gasteiger charge is 1.94. The third-order valence-corrected chi connectivity index (χ3v) is 2.39. The van der Waals surface area contributed by atoms with Gasteiger partial charge in [-0.05, 0) is 43.2 Å². The third-order valence-electron chi connectivity index (χ3n) is 2.39. The molecule has 0 spiro atoms. The zero-order valence-electron chi connectivity index (χ0n) is 9.51. The van der Waals surface area contributed by atoms with Crippen LogP contribution in [0.3, 0.4) is 0 Å². The minimum Gasteiger partial charge on any atom is -0.151 e.